The van der Waals surface area contributed by atoms with Crippen LogP contribution in [0.25, 0.3) is 0 Å². The molecule has 0 amide bonds. The van der Waals surface area contributed by atoms with Gasteiger partial charge in [-0.05, 0) is 12.1 Å². The first-order valence-electron chi connectivity index (χ1n) is 3.17. The summed E-state index contributed by atoms with van der Waals surface area (Å²) in [6.45, 7) is 0. The molecule has 0 unspecified atom stereocenters. The number of para-hydroxylation sites is 1. The first-order valence-corrected chi connectivity index (χ1v) is 3.17. The van der Waals surface area contributed by atoms with E-state index in [0.29, 0.717) is 0 Å². The smallest absolute Gasteiger partial charge is 0.229 e. The van der Waals surface area contributed by atoms with E-state index in [-0.39, 0.29) is 11.8 Å². The van der Waals surface area contributed by atoms with Crippen molar-refractivity contribution < 1.29 is 19.8 Å². The van der Waals surface area contributed by atoms with Gasteiger partial charge in [0.15, 0.2) is 17.8 Å². The minimum Gasteiger partial charge on any atom is -0.504 e. The quantitative estimate of drug-likeness (QED) is 0.290. The van der Waals surface area contributed by atoms with Gasteiger partial charge < -0.3 is 10.2 Å². The maximum Gasteiger partial charge on any atom is 0.229 e. The zero-order valence-electron chi connectivity index (χ0n) is 6.02. The van der Waals surface area contributed by atoms with Gasteiger partial charge in [0.1, 0.15) is 0 Å². The zero-order chi connectivity index (χ0) is 9.14. The van der Waals surface area contributed by atoms with Gasteiger partial charge in [-0.2, -0.15) is 0 Å². The molecule has 0 bridgehead atoms. The summed E-state index contributed by atoms with van der Waals surface area (Å²) < 4.78 is 0. The second-order valence-corrected chi connectivity index (χ2v) is 2.16. The number of aldehydes is 1. The van der Waals surface area contributed by atoms with Crippen LogP contribution in [0.15, 0.2) is 18.2 Å². The number of ketones is 1. The minimum absolute atomic E-state index is 0.0779. The van der Waals surface area contributed by atoms with Gasteiger partial charge in [-0.1, -0.05) is 6.07 Å². The Hall–Kier alpha value is -1.84. The van der Waals surface area contributed by atoms with Gasteiger partial charge in [0.05, 0.1) is 5.56 Å². The third-order valence-corrected chi connectivity index (χ3v) is 1.39. The highest BCUT2D eigenvalue weighted by molar-refractivity contribution is 6.34. The van der Waals surface area contributed by atoms with E-state index in [1.165, 1.54) is 18.2 Å². The Labute approximate surface area is 68.1 Å². The van der Waals surface area contributed by atoms with Crippen molar-refractivity contribution in [1.82, 2.24) is 0 Å². The number of phenols is 2. The standard InChI is InChI=1S/C8H6O4/c9-4-7(11)5-2-1-3-6(10)8(5)12/h1-4,10,12H. The third-order valence-electron chi connectivity index (χ3n) is 1.39. The van der Waals surface area contributed by atoms with E-state index in [1.54, 1.807) is 0 Å². The largest absolute Gasteiger partial charge is 0.504 e. The Bertz CT molecular complexity index is 330. The number of carbonyl (C=O) groups excluding carboxylic acids is 2. The van der Waals surface area contributed by atoms with E-state index in [4.69, 9.17) is 10.2 Å². The summed E-state index contributed by atoms with van der Waals surface area (Å²) in [6.07, 6.45) is 0.0779. The van der Waals surface area contributed by atoms with Crippen molar-refractivity contribution in [2.24, 2.45) is 0 Å². The van der Waals surface area contributed by atoms with Crippen molar-refractivity contribution in [1.29, 1.82) is 0 Å². The fourth-order valence-electron chi connectivity index (χ4n) is 0.794. The normalized spacial score (nSPS) is 9.33. The number of rotatable bonds is 2. The number of hydrogen-bond acceptors (Lipinski definition) is 4. The number of hydrogen-bond donors (Lipinski definition) is 2. The van der Waals surface area contributed by atoms with Crippen LogP contribution in [0.1, 0.15) is 10.4 Å². The van der Waals surface area contributed by atoms with Crippen LogP contribution in [-0.2, 0) is 4.79 Å². The predicted octanol–water partition coefficient (Wildman–Crippen LogP) is 0.479. The Kier molecular flexibility index (Phi) is 2.09. The molecule has 0 atom stereocenters. The molecule has 0 saturated carbocycles. The summed E-state index contributed by atoms with van der Waals surface area (Å²) in [5.74, 6) is -1.83. The molecule has 62 valence electrons. The van der Waals surface area contributed by atoms with E-state index in [9.17, 15) is 9.59 Å². The molecule has 0 heterocycles. The van der Waals surface area contributed by atoms with Crippen LogP contribution >= 0.6 is 0 Å². The van der Waals surface area contributed by atoms with Gasteiger partial charge in [0.25, 0.3) is 0 Å². The monoisotopic (exact) mass is 166 g/mol. The Morgan fingerprint density at radius 3 is 2.58 bits per heavy atom. The first kappa shape index (κ1) is 8.26. The molecule has 1 aromatic rings. The summed E-state index contributed by atoms with van der Waals surface area (Å²) >= 11 is 0. The van der Waals surface area contributed by atoms with Crippen LogP contribution in [0, 0.1) is 0 Å². The molecule has 1 aromatic carbocycles. The first-order chi connectivity index (χ1) is 5.66. The summed E-state index contributed by atoms with van der Waals surface area (Å²) in [5.41, 5.74) is -0.190. The molecule has 12 heavy (non-hydrogen) atoms. The van der Waals surface area contributed by atoms with Gasteiger partial charge in [-0.25, -0.2) is 0 Å². The topological polar surface area (TPSA) is 74.6 Å². The van der Waals surface area contributed by atoms with Crippen molar-refractivity contribution in [3.63, 3.8) is 0 Å². The van der Waals surface area contributed by atoms with Crippen LogP contribution in [0.2, 0.25) is 0 Å². The molecule has 0 aromatic heterocycles. The van der Waals surface area contributed by atoms with Crippen LogP contribution in [0.3, 0.4) is 0 Å². The van der Waals surface area contributed by atoms with Crippen LogP contribution < -0.4 is 0 Å². The summed E-state index contributed by atoms with van der Waals surface area (Å²) in [6, 6.07) is 3.84. The van der Waals surface area contributed by atoms with Crippen molar-refractivity contribution in [3.05, 3.63) is 23.8 Å². The molecule has 2 N–H and O–H groups in total. The second-order valence-electron chi connectivity index (χ2n) is 2.16. The second kappa shape index (κ2) is 3.04. The van der Waals surface area contributed by atoms with E-state index in [0.717, 1.165) is 0 Å². The molecular formula is C8H6O4. The molecule has 0 aliphatic carbocycles. The molecule has 0 spiro atoms. The SMILES string of the molecule is O=CC(=O)c1cccc(O)c1O. The fourth-order valence-corrected chi connectivity index (χ4v) is 0.794. The third kappa shape index (κ3) is 1.27. The molecule has 1 rings (SSSR count). The van der Waals surface area contributed by atoms with Gasteiger partial charge in [0, 0.05) is 0 Å². The lowest BCUT2D eigenvalue weighted by atomic mass is 10.1. The molecule has 0 saturated heterocycles. The van der Waals surface area contributed by atoms with Gasteiger partial charge in [0.2, 0.25) is 5.78 Å². The summed E-state index contributed by atoms with van der Waals surface area (Å²) in [7, 11) is 0. The minimum atomic E-state index is -0.858. The lowest BCUT2D eigenvalue weighted by Gasteiger charge is -1.99. The van der Waals surface area contributed by atoms with Crippen LogP contribution in [-0.4, -0.2) is 22.3 Å². The highest BCUT2D eigenvalue weighted by Crippen LogP contribution is 2.27. The Morgan fingerprint density at radius 2 is 2.00 bits per heavy atom. The maximum absolute atomic E-state index is 10.7. The van der Waals surface area contributed by atoms with Crippen LogP contribution in [0.5, 0.6) is 11.5 Å². The van der Waals surface area contributed by atoms with Crippen molar-refractivity contribution in [3.8, 4) is 11.5 Å². The number of Topliss-reactive ketones (excluding diaryl/α,β-unsaturated/α-hetero) is 1. The van der Waals surface area contributed by atoms with E-state index >= 15 is 0 Å². The molecule has 0 aliphatic heterocycles. The lowest BCUT2D eigenvalue weighted by Crippen LogP contribution is -1.99. The van der Waals surface area contributed by atoms with Crippen molar-refractivity contribution in [2.45, 2.75) is 0 Å². The molecule has 0 fully saturated rings. The summed E-state index contributed by atoms with van der Waals surface area (Å²) in [4.78, 5) is 20.8. The average Bonchev–Trinajstić information content (AvgIpc) is 2.08. The maximum atomic E-state index is 10.7. The van der Waals surface area contributed by atoms with Gasteiger partial charge >= 0.3 is 0 Å². The van der Waals surface area contributed by atoms with E-state index < -0.39 is 17.3 Å². The molecule has 0 aliphatic rings. The van der Waals surface area contributed by atoms with Gasteiger partial charge in [-0.15, -0.1) is 0 Å². The molecule has 4 heteroatoms. The van der Waals surface area contributed by atoms with E-state index in [2.05, 4.69) is 0 Å². The number of phenolic OH excluding ortho intramolecular Hbond substituents is 2. The Morgan fingerprint density at radius 1 is 1.33 bits per heavy atom. The predicted molar refractivity (Wildman–Crippen MR) is 40.2 cm³/mol. The van der Waals surface area contributed by atoms with Gasteiger partial charge in [-0.3, -0.25) is 9.59 Å². The Balaban J connectivity index is 3.25. The molecule has 4 nitrogen and oxygen atoms in total. The molecule has 0 radical (unpaired) electrons. The number of carbonyl (C=O) groups is 2. The average molecular weight is 166 g/mol. The van der Waals surface area contributed by atoms with E-state index in [1.807, 2.05) is 0 Å². The summed E-state index contributed by atoms with van der Waals surface area (Å²) in [5, 5.41) is 18.0. The number of benzene rings is 1. The van der Waals surface area contributed by atoms with Crippen molar-refractivity contribution in [2.75, 3.05) is 0 Å². The molecular weight excluding hydrogens is 160 g/mol. The number of aromatic hydroxyl groups is 2. The zero-order valence-corrected chi connectivity index (χ0v) is 6.02. The lowest BCUT2D eigenvalue weighted by molar-refractivity contribution is -0.104. The van der Waals surface area contributed by atoms with Crippen LogP contribution in [0.4, 0.5) is 0 Å². The fraction of sp³-hybridized carbons (Fsp3) is 0. The highest BCUT2D eigenvalue weighted by atomic mass is 16.3. The highest BCUT2D eigenvalue weighted by Gasteiger charge is 2.11. The van der Waals surface area contributed by atoms with Crippen molar-refractivity contribution >= 4 is 12.1 Å².